The van der Waals surface area contributed by atoms with Crippen LogP contribution in [0.4, 0.5) is 0 Å². The summed E-state index contributed by atoms with van der Waals surface area (Å²) in [5.74, 6) is 0.752. The van der Waals surface area contributed by atoms with Crippen molar-refractivity contribution in [1.29, 1.82) is 0 Å². The average Bonchev–Trinajstić information content (AvgIpc) is 2.37. The van der Waals surface area contributed by atoms with E-state index in [1.165, 1.54) is 0 Å². The maximum absolute atomic E-state index is 8.73. The van der Waals surface area contributed by atoms with Crippen molar-refractivity contribution in [3.63, 3.8) is 0 Å². The second kappa shape index (κ2) is 7.81. The molecule has 0 fully saturated rings. The van der Waals surface area contributed by atoms with Gasteiger partial charge in [-0.2, -0.15) is 0 Å². The summed E-state index contributed by atoms with van der Waals surface area (Å²) in [6.45, 7) is 2.44. The number of nitrogens with one attached hydrogen (secondary N) is 1. The van der Waals surface area contributed by atoms with E-state index in [1.807, 2.05) is 13.1 Å². The van der Waals surface area contributed by atoms with Gasteiger partial charge in [-0.25, -0.2) is 0 Å². The molecule has 0 spiro atoms. The van der Waals surface area contributed by atoms with Crippen molar-refractivity contribution in [2.24, 2.45) is 0 Å². The molecule has 17 heavy (non-hydrogen) atoms. The third kappa shape index (κ3) is 4.97. The Morgan fingerprint density at radius 2 is 2.41 bits per heavy atom. The fourth-order valence-corrected chi connectivity index (χ4v) is 1.32. The lowest BCUT2D eigenvalue weighted by molar-refractivity contribution is 0.201. The van der Waals surface area contributed by atoms with Gasteiger partial charge in [0.1, 0.15) is 12.4 Å². The molecule has 0 saturated carbocycles. The van der Waals surface area contributed by atoms with Gasteiger partial charge in [-0.1, -0.05) is 12.2 Å². The van der Waals surface area contributed by atoms with E-state index in [0.717, 1.165) is 17.7 Å². The quantitative estimate of drug-likeness (QED) is 0.752. The van der Waals surface area contributed by atoms with Gasteiger partial charge < -0.3 is 15.2 Å². The van der Waals surface area contributed by atoms with Crippen LogP contribution in [0, 0.1) is 0 Å². The van der Waals surface area contributed by atoms with E-state index in [1.54, 1.807) is 18.5 Å². The summed E-state index contributed by atoms with van der Waals surface area (Å²) in [5.41, 5.74) is 0.934. The number of aliphatic hydroxyl groups is 1. The predicted octanol–water partition coefficient (Wildman–Crippen LogP) is 1.46. The molecule has 1 rings (SSSR count). The van der Waals surface area contributed by atoms with Gasteiger partial charge in [0.25, 0.3) is 0 Å². The zero-order valence-corrected chi connectivity index (χ0v) is 10.4. The zero-order chi connectivity index (χ0) is 12.5. The highest BCUT2D eigenvalue weighted by atomic mass is 16.5. The summed E-state index contributed by atoms with van der Waals surface area (Å²) in [6, 6.07) is 2.25. The Hall–Kier alpha value is -1.39. The number of hydrogen-bond acceptors (Lipinski definition) is 4. The van der Waals surface area contributed by atoms with E-state index >= 15 is 0 Å². The third-order valence-corrected chi connectivity index (χ3v) is 2.44. The molecule has 4 heteroatoms. The van der Waals surface area contributed by atoms with Crippen LogP contribution in [-0.2, 0) is 0 Å². The lowest BCUT2D eigenvalue weighted by Gasteiger charge is -2.08. The van der Waals surface area contributed by atoms with Crippen molar-refractivity contribution >= 4 is 6.08 Å². The number of rotatable bonds is 7. The Bertz CT molecular complexity index is 353. The van der Waals surface area contributed by atoms with Crippen molar-refractivity contribution in [3.8, 4) is 5.75 Å². The van der Waals surface area contributed by atoms with E-state index in [4.69, 9.17) is 9.84 Å². The van der Waals surface area contributed by atoms with Gasteiger partial charge in [0, 0.05) is 24.0 Å². The molecule has 0 radical (unpaired) electrons. The molecule has 0 aromatic carbocycles. The molecule has 4 nitrogen and oxygen atoms in total. The number of aliphatic hydroxyl groups excluding tert-OH is 1. The lowest BCUT2D eigenvalue weighted by Crippen LogP contribution is -2.19. The Labute approximate surface area is 102 Å². The maximum atomic E-state index is 8.73. The number of nitrogens with zero attached hydrogens (tertiary/aromatic N) is 1. The third-order valence-electron chi connectivity index (χ3n) is 2.44. The fourth-order valence-electron chi connectivity index (χ4n) is 1.32. The number of hydrogen-bond donors (Lipinski definition) is 2. The van der Waals surface area contributed by atoms with E-state index in [0.29, 0.717) is 12.6 Å². The van der Waals surface area contributed by atoms with Crippen molar-refractivity contribution in [2.45, 2.75) is 19.4 Å². The van der Waals surface area contributed by atoms with Crippen LogP contribution in [-0.4, -0.2) is 36.4 Å². The van der Waals surface area contributed by atoms with Crippen LogP contribution >= 0.6 is 0 Å². The van der Waals surface area contributed by atoms with Gasteiger partial charge in [0.2, 0.25) is 0 Å². The second-order valence-corrected chi connectivity index (χ2v) is 3.81. The number of ether oxygens (including phenoxy) is 1. The Balaban J connectivity index is 2.62. The first kappa shape index (κ1) is 13.7. The van der Waals surface area contributed by atoms with Gasteiger partial charge in [-0.15, -0.1) is 0 Å². The minimum absolute atomic E-state index is 0.0161. The van der Waals surface area contributed by atoms with E-state index in [-0.39, 0.29) is 6.61 Å². The summed E-state index contributed by atoms with van der Waals surface area (Å²) in [7, 11) is 1.94. The molecule has 2 N–H and O–H groups in total. The summed E-state index contributed by atoms with van der Waals surface area (Å²) in [4.78, 5) is 4.06. The first-order valence-electron chi connectivity index (χ1n) is 5.79. The topological polar surface area (TPSA) is 54.4 Å². The molecule has 0 saturated heterocycles. The van der Waals surface area contributed by atoms with Crippen LogP contribution in [0.5, 0.6) is 5.75 Å². The van der Waals surface area contributed by atoms with Crippen LogP contribution in [0.3, 0.4) is 0 Å². The largest absolute Gasteiger partial charge is 0.490 e. The predicted molar refractivity (Wildman–Crippen MR) is 69.0 cm³/mol. The minimum atomic E-state index is 0.0161. The zero-order valence-electron chi connectivity index (χ0n) is 10.4. The molecular formula is C13H20N2O2. The molecule has 0 aliphatic heterocycles. The van der Waals surface area contributed by atoms with Crippen molar-refractivity contribution in [2.75, 3.05) is 20.3 Å². The molecule has 1 aromatic rings. The van der Waals surface area contributed by atoms with Gasteiger partial charge in [-0.05, 0) is 26.5 Å². The van der Waals surface area contributed by atoms with Crippen LogP contribution in [0.15, 0.2) is 24.5 Å². The summed E-state index contributed by atoms with van der Waals surface area (Å²) >= 11 is 0. The van der Waals surface area contributed by atoms with Crippen molar-refractivity contribution in [3.05, 3.63) is 30.1 Å². The molecule has 0 aliphatic rings. The van der Waals surface area contributed by atoms with Crippen LogP contribution in [0.1, 0.15) is 18.9 Å². The fraction of sp³-hybridized carbons (Fsp3) is 0.462. The molecule has 0 bridgehead atoms. The summed E-state index contributed by atoms with van der Waals surface area (Å²) < 4.78 is 5.41. The van der Waals surface area contributed by atoms with Crippen LogP contribution in [0.2, 0.25) is 0 Å². The van der Waals surface area contributed by atoms with Crippen molar-refractivity contribution < 1.29 is 9.84 Å². The molecule has 1 heterocycles. The smallest absolute Gasteiger partial charge is 0.129 e. The molecule has 0 amide bonds. The van der Waals surface area contributed by atoms with Gasteiger partial charge in [0.05, 0.1) is 6.61 Å². The highest BCUT2D eigenvalue weighted by molar-refractivity contribution is 5.55. The molecule has 1 aromatic heterocycles. The lowest BCUT2D eigenvalue weighted by atomic mass is 10.2. The normalized spacial score (nSPS) is 12.9. The van der Waals surface area contributed by atoms with Crippen LogP contribution < -0.4 is 10.1 Å². The van der Waals surface area contributed by atoms with E-state index < -0.39 is 0 Å². The summed E-state index contributed by atoms with van der Waals surface area (Å²) in [5, 5.41) is 11.9. The van der Waals surface area contributed by atoms with Crippen molar-refractivity contribution in [1.82, 2.24) is 10.3 Å². The molecule has 0 aliphatic carbocycles. The van der Waals surface area contributed by atoms with Gasteiger partial charge in [-0.3, -0.25) is 4.98 Å². The molecule has 94 valence electrons. The highest BCUT2D eigenvalue weighted by Gasteiger charge is 2.00. The number of aromatic nitrogens is 1. The SMILES string of the molecule is CNC(C)CC=Cc1cnccc1OCCO. The first-order valence-corrected chi connectivity index (χ1v) is 5.79. The minimum Gasteiger partial charge on any atom is -0.490 e. The monoisotopic (exact) mass is 236 g/mol. The Morgan fingerprint density at radius 3 is 3.12 bits per heavy atom. The van der Waals surface area contributed by atoms with Gasteiger partial charge in [0.15, 0.2) is 0 Å². The van der Waals surface area contributed by atoms with E-state index in [2.05, 4.69) is 23.3 Å². The average molecular weight is 236 g/mol. The standard InChI is InChI=1S/C13H20N2O2/c1-11(14-2)4-3-5-12-10-15-7-6-13(12)17-9-8-16/h3,5-7,10-11,14,16H,4,8-9H2,1-2H3. The van der Waals surface area contributed by atoms with Crippen LogP contribution in [0.25, 0.3) is 6.08 Å². The first-order chi connectivity index (χ1) is 8.27. The maximum Gasteiger partial charge on any atom is 0.129 e. The molecule has 1 atom stereocenters. The molecule has 1 unspecified atom stereocenters. The van der Waals surface area contributed by atoms with E-state index in [9.17, 15) is 0 Å². The second-order valence-electron chi connectivity index (χ2n) is 3.81. The Kier molecular flexibility index (Phi) is 6.29. The number of pyridine rings is 1. The summed E-state index contributed by atoms with van der Waals surface area (Å²) in [6.07, 6.45) is 8.47. The Morgan fingerprint density at radius 1 is 1.59 bits per heavy atom. The molecular weight excluding hydrogens is 216 g/mol. The highest BCUT2D eigenvalue weighted by Crippen LogP contribution is 2.18. The van der Waals surface area contributed by atoms with Gasteiger partial charge >= 0.3 is 0 Å².